The predicted molar refractivity (Wildman–Crippen MR) is 75.2 cm³/mol. The molecule has 0 heterocycles. The fourth-order valence-electron chi connectivity index (χ4n) is 1.61. The lowest BCUT2D eigenvalue weighted by molar-refractivity contribution is 0.355. The second kappa shape index (κ2) is 7.77. The number of methoxy groups -OCH3 is 1. The minimum absolute atomic E-state index is 0.517. The third-order valence-electron chi connectivity index (χ3n) is 2.49. The van der Waals surface area contributed by atoms with Gasteiger partial charge >= 0.3 is 0 Å². The van der Waals surface area contributed by atoms with Crippen molar-refractivity contribution in [2.75, 3.05) is 20.3 Å². The van der Waals surface area contributed by atoms with Gasteiger partial charge in [-0.1, -0.05) is 26.5 Å². The molecule has 0 amide bonds. The number of benzene rings is 1. The second-order valence-electron chi connectivity index (χ2n) is 4.60. The van der Waals surface area contributed by atoms with Crippen LogP contribution in [0.5, 0.6) is 11.5 Å². The standard InChI is InChI=1S/C15H23NO2/c1-5-8-18-15-7-6-14(17-4)9-13(15)11-16-10-12(2)3/h5-7,9,12,16H,1,8,10-11H2,2-4H3. The molecule has 0 aliphatic carbocycles. The van der Waals surface area contributed by atoms with Gasteiger partial charge in [-0.15, -0.1) is 0 Å². The first-order chi connectivity index (χ1) is 8.67. The summed E-state index contributed by atoms with van der Waals surface area (Å²) in [6, 6.07) is 5.85. The summed E-state index contributed by atoms with van der Waals surface area (Å²) in [7, 11) is 1.67. The SMILES string of the molecule is C=CCOc1ccc(OC)cc1CNCC(C)C. The number of hydrogen-bond acceptors (Lipinski definition) is 3. The van der Waals surface area contributed by atoms with E-state index < -0.39 is 0 Å². The van der Waals surface area contributed by atoms with Crippen LogP contribution >= 0.6 is 0 Å². The van der Waals surface area contributed by atoms with Crippen molar-refractivity contribution in [3.63, 3.8) is 0 Å². The molecule has 0 atom stereocenters. The fraction of sp³-hybridized carbons (Fsp3) is 0.467. The minimum atomic E-state index is 0.517. The van der Waals surface area contributed by atoms with Crippen LogP contribution in [0.25, 0.3) is 0 Å². The molecular weight excluding hydrogens is 226 g/mol. The van der Waals surface area contributed by atoms with E-state index in [9.17, 15) is 0 Å². The van der Waals surface area contributed by atoms with E-state index in [-0.39, 0.29) is 0 Å². The highest BCUT2D eigenvalue weighted by atomic mass is 16.5. The molecule has 0 fully saturated rings. The Hall–Kier alpha value is -1.48. The zero-order valence-electron chi connectivity index (χ0n) is 11.5. The Labute approximate surface area is 110 Å². The zero-order chi connectivity index (χ0) is 13.4. The van der Waals surface area contributed by atoms with E-state index in [1.165, 1.54) is 0 Å². The molecular formula is C15H23NO2. The van der Waals surface area contributed by atoms with Gasteiger partial charge in [-0.25, -0.2) is 0 Å². The molecule has 0 bridgehead atoms. The lowest BCUT2D eigenvalue weighted by atomic mass is 10.1. The van der Waals surface area contributed by atoms with Crippen LogP contribution in [0.15, 0.2) is 30.9 Å². The highest BCUT2D eigenvalue weighted by Crippen LogP contribution is 2.24. The smallest absolute Gasteiger partial charge is 0.124 e. The molecule has 0 saturated heterocycles. The molecule has 0 spiro atoms. The quantitative estimate of drug-likeness (QED) is 0.718. The molecule has 18 heavy (non-hydrogen) atoms. The van der Waals surface area contributed by atoms with Crippen LogP contribution in [0.3, 0.4) is 0 Å². The molecule has 1 aromatic carbocycles. The number of hydrogen-bond donors (Lipinski definition) is 1. The van der Waals surface area contributed by atoms with E-state index in [1.807, 2.05) is 18.2 Å². The van der Waals surface area contributed by atoms with Crippen molar-refractivity contribution in [3.8, 4) is 11.5 Å². The fourth-order valence-corrected chi connectivity index (χ4v) is 1.61. The largest absolute Gasteiger partial charge is 0.497 e. The molecule has 0 aromatic heterocycles. The van der Waals surface area contributed by atoms with Gasteiger partial charge in [0.1, 0.15) is 18.1 Å². The van der Waals surface area contributed by atoms with Gasteiger partial charge < -0.3 is 14.8 Å². The molecule has 0 saturated carbocycles. The van der Waals surface area contributed by atoms with Crippen LogP contribution in [0.4, 0.5) is 0 Å². The highest BCUT2D eigenvalue weighted by Gasteiger charge is 2.05. The maximum Gasteiger partial charge on any atom is 0.124 e. The molecule has 1 rings (SSSR count). The van der Waals surface area contributed by atoms with Gasteiger partial charge in [0.2, 0.25) is 0 Å². The topological polar surface area (TPSA) is 30.5 Å². The molecule has 3 nitrogen and oxygen atoms in total. The summed E-state index contributed by atoms with van der Waals surface area (Å²) >= 11 is 0. The van der Waals surface area contributed by atoms with Gasteiger partial charge in [0.15, 0.2) is 0 Å². The molecule has 0 unspecified atom stereocenters. The van der Waals surface area contributed by atoms with Gasteiger partial charge in [-0.2, -0.15) is 0 Å². The lowest BCUT2D eigenvalue weighted by Crippen LogP contribution is -2.19. The summed E-state index contributed by atoms with van der Waals surface area (Å²) in [6.07, 6.45) is 1.75. The Kier molecular flexibility index (Phi) is 6.29. The van der Waals surface area contributed by atoms with Crippen LogP contribution in [0.2, 0.25) is 0 Å². The number of rotatable bonds is 8. The summed E-state index contributed by atoms with van der Waals surface area (Å²) in [5, 5.41) is 3.41. The van der Waals surface area contributed by atoms with Crippen molar-refractivity contribution in [2.45, 2.75) is 20.4 Å². The molecule has 100 valence electrons. The average Bonchev–Trinajstić information content (AvgIpc) is 2.36. The van der Waals surface area contributed by atoms with Crippen molar-refractivity contribution in [2.24, 2.45) is 5.92 Å². The van der Waals surface area contributed by atoms with Crippen LogP contribution in [0.1, 0.15) is 19.4 Å². The van der Waals surface area contributed by atoms with E-state index in [0.29, 0.717) is 12.5 Å². The Morgan fingerprint density at radius 2 is 2.17 bits per heavy atom. The molecule has 0 radical (unpaired) electrons. The van der Waals surface area contributed by atoms with E-state index >= 15 is 0 Å². The summed E-state index contributed by atoms with van der Waals surface area (Å²) in [5.41, 5.74) is 1.11. The lowest BCUT2D eigenvalue weighted by Gasteiger charge is -2.13. The maximum absolute atomic E-state index is 5.63. The van der Waals surface area contributed by atoms with Gasteiger partial charge in [-0.3, -0.25) is 0 Å². The van der Waals surface area contributed by atoms with Crippen molar-refractivity contribution in [3.05, 3.63) is 36.4 Å². The van der Waals surface area contributed by atoms with Gasteiger partial charge in [0.25, 0.3) is 0 Å². The van der Waals surface area contributed by atoms with Crippen molar-refractivity contribution in [1.82, 2.24) is 5.32 Å². The monoisotopic (exact) mass is 249 g/mol. The Morgan fingerprint density at radius 1 is 1.39 bits per heavy atom. The Bertz CT molecular complexity index is 375. The van der Waals surface area contributed by atoms with Crippen LogP contribution in [-0.4, -0.2) is 20.3 Å². The van der Waals surface area contributed by atoms with E-state index in [4.69, 9.17) is 9.47 Å². The minimum Gasteiger partial charge on any atom is -0.497 e. The predicted octanol–water partition coefficient (Wildman–Crippen LogP) is 3.01. The van der Waals surface area contributed by atoms with Crippen LogP contribution in [0, 0.1) is 5.92 Å². The van der Waals surface area contributed by atoms with Crippen molar-refractivity contribution < 1.29 is 9.47 Å². The Balaban J connectivity index is 2.72. The van der Waals surface area contributed by atoms with E-state index in [0.717, 1.165) is 30.2 Å². The van der Waals surface area contributed by atoms with Crippen molar-refractivity contribution in [1.29, 1.82) is 0 Å². The first-order valence-corrected chi connectivity index (χ1v) is 6.28. The molecule has 0 aliphatic rings. The van der Waals surface area contributed by atoms with E-state index in [1.54, 1.807) is 13.2 Å². The summed E-state index contributed by atoms with van der Waals surface area (Å²) in [5.74, 6) is 2.36. The summed E-state index contributed by atoms with van der Waals surface area (Å²) < 4.78 is 10.9. The number of ether oxygens (including phenoxy) is 2. The molecule has 1 aromatic rings. The normalized spacial score (nSPS) is 10.4. The summed E-state index contributed by atoms with van der Waals surface area (Å²) in [4.78, 5) is 0. The van der Waals surface area contributed by atoms with Crippen LogP contribution in [-0.2, 0) is 6.54 Å². The summed E-state index contributed by atoms with van der Waals surface area (Å²) in [6.45, 7) is 10.3. The van der Waals surface area contributed by atoms with Crippen LogP contribution < -0.4 is 14.8 Å². The van der Waals surface area contributed by atoms with Gasteiger partial charge in [0, 0.05) is 12.1 Å². The van der Waals surface area contributed by atoms with Crippen molar-refractivity contribution >= 4 is 0 Å². The second-order valence-corrected chi connectivity index (χ2v) is 4.60. The highest BCUT2D eigenvalue weighted by molar-refractivity contribution is 5.40. The zero-order valence-corrected chi connectivity index (χ0v) is 11.5. The Morgan fingerprint density at radius 3 is 2.78 bits per heavy atom. The molecule has 0 aliphatic heterocycles. The van der Waals surface area contributed by atoms with E-state index in [2.05, 4.69) is 25.7 Å². The first-order valence-electron chi connectivity index (χ1n) is 6.28. The third-order valence-corrected chi connectivity index (χ3v) is 2.49. The molecule has 1 N–H and O–H groups in total. The van der Waals surface area contributed by atoms with Gasteiger partial charge in [0.05, 0.1) is 7.11 Å². The number of nitrogens with one attached hydrogen (secondary N) is 1. The maximum atomic E-state index is 5.63. The van der Waals surface area contributed by atoms with Gasteiger partial charge in [-0.05, 0) is 30.7 Å². The molecule has 3 heteroatoms. The first kappa shape index (κ1) is 14.6. The average molecular weight is 249 g/mol. The third kappa shape index (κ3) is 4.80.